The van der Waals surface area contributed by atoms with Gasteiger partial charge in [0.2, 0.25) is 5.91 Å². The molecule has 7 nitrogen and oxygen atoms in total. The van der Waals surface area contributed by atoms with Gasteiger partial charge in [0.15, 0.2) is 17.3 Å². The third-order valence-corrected chi connectivity index (χ3v) is 4.20. The number of aromatic amines is 1. The molecular formula is C19H19F2N5O2. The summed E-state index contributed by atoms with van der Waals surface area (Å²) in [5.74, 6) is -2.56. The Kier molecular flexibility index (Phi) is 5.13. The molecule has 3 aromatic rings. The number of nitrogens with zero attached hydrogens (tertiary/aromatic N) is 3. The molecule has 0 radical (unpaired) electrons. The summed E-state index contributed by atoms with van der Waals surface area (Å²) in [4.78, 5) is 35.1. The molecule has 1 atom stereocenters. The van der Waals surface area contributed by atoms with E-state index >= 15 is 0 Å². The number of hydrogen-bond acceptors (Lipinski definition) is 5. The van der Waals surface area contributed by atoms with Crippen LogP contribution in [0.4, 0.5) is 8.78 Å². The third kappa shape index (κ3) is 3.86. The number of amides is 1. The number of H-pyrrole nitrogens is 1. The standard InChI is InChI=1S/C19H15F2N5O2.2H2/c1-9-18(23-8-13(7-22)24-9)10(2)25-17(27)5-12-3-11-4-14(20)15(21)6-16(11)26-19(12)28;;/h3-4,6,8,10H,5H2,1-2H3,(H,25,27)(H,26,28);2*1H/t10-;;/m1../s1. The zero-order valence-electron chi connectivity index (χ0n) is 15.0. The molecule has 0 spiro atoms. The van der Waals surface area contributed by atoms with E-state index in [1.807, 2.05) is 6.07 Å². The van der Waals surface area contributed by atoms with Gasteiger partial charge in [-0.1, -0.05) is 0 Å². The van der Waals surface area contributed by atoms with Crippen LogP contribution in [0.15, 0.2) is 29.2 Å². The van der Waals surface area contributed by atoms with Gasteiger partial charge in [0.1, 0.15) is 6.07 Å². The van der Waals surface area contributed by atoms with Crippen LogP contribution in [-0.4, -0.2) is 20.9 Å². The predicted octanol–water partition coefficient (Wildman–Crippen LogP) is 2.69. The molecule has 3 rings (SSSR count). The highest BCUT2D eigenvalue weighted by atomic mass is 19.2. The quantitative estimate of drug-likeness (QED) is 0.715. The molecule has 2 aromatic heterocycles. The number of pyridine rings is 1. The molecule has 0 fully saturated rings. The maximum atomic E-state index is 13.4. The van der Waals surface area contributed by atoms with Crippen LogP contribution in [-0.2, 0) is 11.2 Å². The van der Waals surface area contributed by atoms with Gasteiger partial charge >= 0.3 is 0 Å². The highest BCUT2D eigenvalue weighted by Crippen LogP contribution is 2.17. The van der Waals surface area contributed by atoms with Crippen molar-refractivity contribution in [3.63, 3.8) is 0 Å². The lowest BCUT2D eigenvalue weighted by molar-refractivity contribution is -0.121. The largest absolute Gasteiger partial charge is 0.348 e. The molecule has 0 bridgehead atoms. The first-order valence-electron chi connectivity index (χ1n) is 8.32. The first kappa shape index (κ1) is 19.1. The van der Waals surface area contributed by atoms with Crippen molar-refractivity contribution in [3.05, 3.63) is 69.0 Å². The van der Waals surface area contributed by atoms with Crippen LogP contribution in [0.1, 0.15) is 38.5 Å². The summed E-state index contributed by atoms with van der Waals surface area (Å²) in [6.45, 7) is 3.37. The van der Waals surface area contributed by atoms with Crippen LogP contribution in [0.5, 0.6) is 0 Å². The minimum atomic E-state index is -1.07. The van der Waals surface area contributed by atoms with E-state index in [1.54, 1.807) is 13.8 Å². The summed E-state index contributed by atoms with van der Waals surface area (Å²) >= 11 is 0. The van der Waals surface area contributed by atoms with Gasteiger partial charge in [-0.25, -0.2) is 13.8 Å². The third-order valence-electron chi connectivity index (χ3n) is 4.20. The van der Waals surface area contributed by atoms with Crippen LogP contribution in [0.2, 0.25) is 0 Å². The summed E-state index contributed by atoms with van der Waals surface area (Å²) in [7, 11) is 0. The summed E-state index contributed by atoms with van der Waals surface area (Å²) in [6, 6.07) is 4.59. The Bertz CT molecular complexity index is 1190. The molecule has 28 heavy (non-hydrogen) atoms. The molecule has 0 aliphatic rings. The van der Waals surface area contributed by atoms with Gasteiger partial charge in [-0.15, -0.1) is 0 Å². The first-order valence-corrected chi connectivity index (χ1v) is 8.32. The molecule has 9 heteroatoms. The fraction of sp³-hybridized carbons (Fsp3) is 0.211. The van der Waals surface area contributed by atoms with Gasteiger partial charge in [-0.2, -0.15) is 5.26 Å². The number of nitriles is 1. The van der Waals surface area contributed by atoms with E-state index < -0.39 is 29.1 Å². The molecule has 0 saturated carbocycles. The zero-order valence-corrected chi connectivity index (χ0v) is 15.0. The SMILES string of the molecule is Cc1nc(C#N)cnc1[C@@H](C)NC(=O)Cc1cc2cc(F)c(F)cc2[nH]c1=O.[HH].[HH]. The second-order valence-electron chi connectivity index (χ2n) is 6.28. The van der Waals surface area contributed by atoms with Crippen molar-refractivity contribution in [1.29, 1.82) is 5.26 Å². The van der Waals surface area contributed by atoms with Gasteiger partial charge in [0.05, 0.1) is 35.6 Å². The Morgan fingerprint density at radius 3 is 2.75 bits per heavy atom. The van der Waals surface area contributed by atoms with E-state index in [2.05, 4.69) is 20.3 Å². The lowest BCUT2D eigenvalue weighted by Crippen LogP contribution is -2.31. The van der Waals surface area contributed by atoms with Crippen molar-refractivity contribution in [3.8, 4) is 6.07 Å². The van der Waals surface area contributed by atoms with E-state index in [0.29, 0.717) is 11.4 Å². The fourth-order valence-corrected chi connectivity index (χ4v) is 2.88. The highest BCUT2D eigenvalue weighted by molar-refractivity contribution is 5.83. The van der Waals surface area contributed by atoms with E-state index in [1.165, 1.54) is 12.3 Å². The van der Waals surface area contributed by atoms with Crippen molar-refractivity contribution >= 4 is 16.8 Å². The average molecular weight is 387 g/mol. The molecule has 0 unspecified atom stereocenters. The predicted molar refractivity (Wildman–Crippen MR) is 100 cm³/mol. The van der Waals surface area contributed by atoms with E-state index in [4.69, 9.17) is 5.26 Å². The number of halogens is 2. The number of hydrogen-bond donors (Lipinski definition) is 2. The van der Waals surface area contributed by atoms with Gasteiger partial charge in [-0.3, -0.25) is 14.6 Å². The molecule has 0 aliphatic heterocycles. The van der Waals surface area contributed by atoms with Gasteiger partial charge in [-0.05, 0) is 26.0 Å². The minimum Gasteiger partial charge on any atom is -0.348 e. The van der Waals surface area contributed by atoms with E-state index in [9.17, 15) is 18.4 Å². The zero-order chi connectivity index (χ0) is 20.4. The van der Waals surface area contributed by atoms with Crippen LogP contribution in [0, 0.1) is 29.9 Å². The maximum absolute atomic E-state index is 13.4. The minimum absolute atomic E-state index is 0. The van der Waals surface area contributed by atoms with Crippen molar-refractivity contribution in [1.82, 2.24) is 20.3 Å². The fourth-order valence-electron chi connectivity index (χ4n) is 2.88. The number of fused-ring (bicyclic) bond motifs is 1. The first-order chi connectivity index (χ1) is 13.3. The number of nitrogens with one attached hydrogen (secondary N) is 2. The Balaban J connectivity index is 0.00000225. The maximum Gasteiger partial charge on any atom is 0.252 e. The molecule has 2 N–H and O–H groups in total. The smallest absolute Gasteiger partial charge is 0.252 e. The molecule has 0 aliphatic carbocycles. The van der Waals surface area contributed by atoms with Crippen molar-refractivity contribution in [2.24, 2.45) is 0 Å². The van der Waals surface area contributed by atoms with Gasteiger partial charge < -0.3 is 10.3 Å². The van der Waals surface area contributed by atoms with E-state index in [0.717, 1.165) is 12.1 Å². The highest BCUT2D eigenvalue weighted by Gasteiger charge is 2.16. The second-order valence-corrected chi connectivity index (χ2v) is 6.28. The summed E-state index contributed by atoms with van der Waals surface area (Å²) in [5, 5.41) is 11.8. The number of carbonyl (C=O) groups is 1. The summed E-state index contributed by atoms with van der Waals surface area (Å²) in [6.07, 6.45) is 1.06. The number of rotatable bonds is 4. The van der Waals surface area contributed by atoms with Crippen molar-refractivity contribution in [2.75, 3.05) is 0 Å². The molecular weight excluding hydrogens is 368 g/mol. The molecule has 2 heterocycles. The number of carbonyl (C=O) groups excluding carboxylic acids is 1. The Hall–Kier alpha value is -3.67. The van der Waals surface area contributed by atoms with Crippen LogP contribution in [0.25, 0.3) is 10.9 Å². The molecule has 1 aromatic carbocycles. The lowest BCUT2D eigenvalue weighted by atomic mass is 10.1. The lowest BCUT2D eigenvalue weighted by Gasteiger charge is -2.15. The summed E-state index contributed by atoms with van der Waals surface area (Å²) < 4.78 is 26.7. The van der Waals surface area contributed by atoms with Gasteiger partial charge in [0.25, 0.3) is 5.56 Å². The second kappa shape index (κ2) is 7.52. The number of benzene rings is 1. The Morgan fingerprint density at radius 1 is 1.36 bits per heavy atom. The molecule has 1 amide bonds. The van der Waals surface area contributed by atoms with Crippen molar-refractivity contribution in [2.45, 2.75) is 26.3 Å². The van der Waals surface area contributed by atoms with E-state index in [-0.39, 0.29) is 31.4 Å². The molecule has 0 saturated heterocycles. The normalized spacial score (nSPS) is 11.8. The Morgan fingerprint density at radius 2 is 2.07 bits per heavy atom. The van der Waals surface area contributed by atoms with Crippen LogP contribution < -0.4 is 10.9 Å². The van der Waals surface area contributed by atoms with Crippen LogP contribution in [0.3, 0.4) is 0 Å². The number of aromatic nitrogens is 3. The Labute approximate surface area is 161 Å². The van der Waals surface area contributed by atoms with Crippen LogP contribution >= 0.6 is 0 Å². The monoisotopic (exact) mass is 387 g/mol. The summed E-state index contributed by atoms with van der Waals surface area (Å²) in [5.41, 5.74) is 0.878. The molecule has 146 valence electrons. The van der Waals surface area contributed by atoms with Crippen molar-refractivity contribution < 1.29 is 16.4 Å². The number of aryl methyl sites for hydroxylation is 1. The van der Waals surface area contributed by atoms with Gasteiger partial charge in [0, 0.05) is 19.9 Å². The topological polar surface area (TPSA) is 112 Å². The average Bonchev–Trinajstić information content (AvgIpc) is 2.63.